The summed E-state index contributed by atoms with van der Waals surface area (Å²) >= 11 is 0. The van der Waals surface area contributed by atoms with Crippen molar-refractivity contribution in [1.29, 1.82) is 0 Å². The Morgan fingerprint density at radius 2 is 1.86 bits per heavy atom. The first-order valence-electron chi connectivity index (χ1n) is 7.09. The molecule has 0 saturated heterocycles. The van der Waals surface area contributed by atoms with Crippen LogP contribution >= 0.6 is 0 Å². The van der Waals surface area contributed by atoms with Crippen LogP contribution in [0, 0.1) is 0 Å². The van der Waals surface area contributed by atoms with E-state index in [4.69, 9.17) is 0 Å². The van der Waals surface area contributed by atoms with Gasteiger partial charge in [0.1, 0.15) is 0 Å². The van der Waals surface area contributed by atoms with Gasteiger partial charge >= 0.3 is 0 Å². The lowest BCUT2D eigenvalue weighted by atomic mass is 10.2. The summed E-state index contributed by atoms with van der Waals surface area (Å²) in [4.78, 5) is 0. The molecule has 3 rings (SSSR count). The van der Waals surface area contributed by atoms with Crippen LogP contribution in [0.25, 0.3) is 0 Å². The summed E-state index contributed by atoms with van der Waals surface area (Å²) < 4.78 is 3.56. The molecule has 3 heterocycles. The molecule has 1 aliphatic heterocycles. The molecular formula is C12H19N9. The molecule has 0 unspecified atom stereocenters. The van der Waals surface area contributed by atoms with Crippen LogP contribution in [0.2, 0.25) is 0 Å². The smallest absolute Gasteiger partial charge is 0.0893 e. The molecule has 21 heavy (non-hydrogen) atoms. The predicted molar refractivity (Wildman–Crippen MR) is 74.3 cm³/mol. The van der Waals surface area contributed by atoms with Gasteiger partial charge in [0, 0.05) is 19.4 Å². The summed E-state index contributed by atoms with van der Waals surface area (Å²) in [6.45, 7) is 4.52. The lowest BCUT2D eigenvalue weighted by Gasteiger charge is -2.11. The van der Waals surface area contributed by atoms with Gasteiger partial charge in [-0.1, -0.05) is 15.7 Å². The fourth-order valence-corrected chi connectivity index (χ4v) is 2.22. The second-order valence-electron chi connectivity index (χ2n) is 5.32. The van der Waals surface area contributed by atoms with Crippen LogP contribution in [0.15, 0.2) is 22.7 Å². The zero-order chi connectivity index (χ0) is 14.7. The third kappa shape index (κ3) is 3.61. The molecule has 0 N–H and O–H groups in total. The molecule has 0 aromatic carbocycles. The largest absolute Gasteiger partial charge is 0.275 e. The Labute approximate surface area is 122 Å². The number of hydrogen-bond acceptors (Lipinski definition) is 7. The maximum absolute atomic E-state index is 4.18. The summed E-state index contributed by atoms with van der Waals surface area (Å²) in [5.41, 5.74) is 1.94. The van der Waals surface area contributed by atoms with Crippen molar-refractivity contribution in [3.8, 4) is 0 Å². The molecule has 0 saturated carbocycles. The van der Waals surface area contributed by atoms with Gasteiger partial charge < -0.3 is 0 Å². The molecular weight excluding hydrogens is 270 g/mol. The molecule has 0 radical (unpaired) electrons. The van der Waals surface area contributed by atoms with E-state index in [1.807, 2.05) is 29.1 Å². The first kappa shape index (κ1) is 13.7. The fourth-order valence-electron chi connectivity index (χ4n) is 2.22. The van der Waals surface area contributed by atoms with Crippen LogP contribution < -0.4 is 0 Å². The minimum atomic E-state index is 0.295. The lowest BCUT2D eigenvalue weighted by Crippen LogP contribution is -2.23. The molecule has 0 fully saturated rings. The topological polar surface area (TPSA) is 89.4 Å². The van der Waals surface area contributed by atoms with Gasteiger partial charge in [-0.3, -0.25) is 14.4 Å². The van der Waals surface area contributed by atoms with Crippen molar-refractivity contribution < 1.29 is 0 Å². The third-order valence-electron chi connectivity index (χ3n) is 3.31. The molecule has 9 heteroatoms. The van der Waals surface area contributed by atoms with Crippen molar-refractivity contribution in [2.24, 2.45) is 17.4 Å². The number of aromatic nitrogens is 6. The molecule has 2 aromatic heterocycles. The number of nitrogens with zero attached hydrogens (tertiary/aromatic N) is 9. The lowest BCUT2D eigenvalue weighted by molar-refractivity contribution is 0.289. The van der Waals surface area contributed by atoms with Crippen molar-refractivity contribution in [2.75, 3.05) is 13.1 Å². The van der Waals surface area contributed by atoms with E-state index in [0.29, 0.717) is 6.04 Å². The summed E-state index contributed by atoms with van der Waals surface area (Å²) in [5.74, 6) is 0. The Hall–Kier alpha value is -2.32. The molecule has 2 aromatic rings. The monoisotopic (exact) mass is 289 g/mol. The van der Waals surface area contributed by atoms with Crippen molar-refractivity contribution >= 4 is 0 Å². The van der Waals surface area contributed by atoms with Gasteiger partial charge in [0.15, 0.2) is 0 Å². The normalized spacial score (nSPS) is 17.8. The van der Waals surface area contributed by atoms with E-state index in [0.717, 1.165) is 43.9 Å². The molecule has 1 atom stereocenters. The highest BCUT2D eigenvalue weighted by Crippen LogP contribution is 2.07. The van der Waals surface area contributed by atoms with Crippen LogP contribution in [0.5, 0.6) is 0 Å². The Morgan fingerprint density at radius 1 is 1.10 bits per heavy atom. The standard InChI is InChI=1S/C12H19N9/c1-10-7-20(17-13-10)5-6-21-9-12(15-18-21)4-3-11-8-19(2)16-14-11/h8-10H,3-7H2,1-2H3/t10-/m0/s1. The zero-order valence-electron chi connectivity index (χ0n) is 12.3. The first-order valence-corrected chi connectivity index (χ1v) is 7.09. The van der Waals surface area contributed by atoms with E-state index in [9.17, 15) is 0 Å². The molecule has 0 amide bonds. The zero-order valence-corrected chi connectivity index (χ0v) is 12.3. The molecule has 1 aliphatic rings. The van der Waals surface area contributed by atoms with Gasteiger partial charge in [0.2, 0.25) is 0 Å². The van der Waals surface area contributed by atoms with Gasteiger partial charge in [0.25, 0.3) is 0 Å². The molecule has 9 nitrogen and oxygen atoms in total. The van der Waals surface area contributed by atoms with Gasteiger partial charge in [-0.2, -0.15) is 5.11 Å². The van der Waals surface area contributed by atoms with Crippen LogP contribution in [-0.2, 0) is 26.4 Å². The quantitative estimate of drug-likeness (QED) is 0.761. The number of aryl methyl sites for hydroxylation is 3. The maximum Gasteiger partial charge on any atom is 0.0893 e. The van der Waals surface area contributed by atoms with Crippen LogP contribution in [0.3, 0.4) is 0 Å². The highest BCUT2D eigenvalue weighted by atomic mass is 15.6. The Kier molecular flexibility index (Phi) is 3.89. The summed E-state index contributed by atoms with van der Waals surface area (Å²) in [7, 11) is 1.86. The molecule has 112 valence electrons. The maximum atomic E-state index is 4.18. The SMILES string of the molecule is C[C@H]1CN(CCn2cc(CCc3cn(C)nn3)nn2)N=N1. The van der Waals surface area contributed by atoms with Crippen LogP contribution in [-0.4, -0.2) is 54.1 Å². The fraction of sp³-hybridized carbons (Fsp3) is 0.667. The van der Waals surface area contributed by atoms with Crippen molar-refractivity contribution in [1.82, 2.24) is 35.0 Å². The van der Waals surface area contributed by atoms with E-state index in [1.54, 1.807) is 4.68 Å². The van der Waals surface area contributed by atoms with Crippen molar-refractivity contribution in [3.05, 3.63) is 23.8 Å². The number of hydrogen-bond donors (Lipinski definition) is 0. The second kappa shape index (κ2) is 5.98. The van der Waals surface area contributed by atoms with Gasteiger partial charge in [-0.15, -0.1) is 10.2 Å². The van der Waals surface area contributed by atoms with E-state index in [2.05, 4.69) is 37.9 Å². The van der Waals surface area contributed by atoms with Crippen LogP contribution in [0.1, 0.15) is 18.3 Å². The van der Waals surface area contributed by atoms with Gasteiger partial charge in [-0.05, 0) is 19.8 Å². The average Bonchev–Trinajstić information content (AvgIpc) is 3.16. The summed E-state index contributed by atoms with van der Waals surface area (Å²) in [6.07, 6.45) is 5.54. The van der Waals surface area contributed by atoms with E-state index in [-0.39, 0.29) is 0 Å². The van der Waals surface area contributed by atoms with E-state index < -0.39 is 0 Å². The Bertz CT molecular complexity index is 614. The van der Waals surface area contributed by atoms with Crippen molar-refractivity contribution in [3.63, 3.8) is 0 Å². The van der Waals surface area contributed by atoms with Gasteiger partial charge in [-0.25, -0.2) is 0 Å². The summed E-state index contributed by atoms with van der Waals surface area (Å²) in [5, 5.41) is 26.5. The van der Waals surface area contributed by atoms with Crippen molar-refractivity contribution in [2.45, 2.75) is 32.4 Å². The molecule has 0 aliphatic carbocycles. The molecule has 0 spiro atoms. The third-order valence-corrected chi connectivity index (χ3v) is 3.31. The van der Waals surface area contributed by atoms with E-state index in [1.165, 1.54) is 0 Å². The predicted octanol–water partition coefficient (Wildman–Crippen LogP) is 0.263. The minimum Gasteiger partial charge on any atom is -0.275 e. The Balaban J connectivity index is 1.46. The minimum absolute atomic E-state index is 0.295. The highest BCUT2D eigenvalue weighted by Gasteiger charge is 2.14. The highest BCUT2D eigenvalue weighted by molar-refractivity contribution is 4.99. The van der Waals surface area contributed by atoms with Crippen LogP contribution in [0.4, 0.5) is 0 Å². The first-order chi connectivity index (χ1) is 10.2. The summed E-state index contributed by atoms with van der Waals surface area (Å²) in [6, 6.07) is 0.295. The second-order valence-corrected chi connectivity index (χ2v) is 5.32. The van der Waals surface area contributed by atoms with Gasteiger partial charge in [0.05, 0.1) is 37.1 Å². The Morgan fingerprint density at radius 3 is 2.52 bits per heavy atom. The molecule has 0 bridgehead atoms. The average molecular weight is 289 g/mol. The van der Waals surface area contributed by atoms with E-state index >= 15 is 0 Å². The number of rotatable bonds is 6.